The van der Waals surface area contributed by atoms with Gasteiger partial charge in [-0.05, 0) is 0 Å². The lowest BCUT2D eigenvalue weighted by Gasteiger charge is -2.18. The zero-order valence-corrected chi connectivity index (χ0v) is 3.87. The van der Waals surface area contributed by atoms with E-state index in [2.05, 4.69) is 0 Å². The molecule has 2 nitrogen and oxygen atoms in total. The maximum absolute atomic E-state index is 9.87. The predicted octanol–water partition coefficient (Wildman–Crippen LogP) is -0.301. The molecule has 0 aromatic carbocycles. The fraction of sp³-hybridized carbons (Fsp3) is 0.400. The summed E-state index contributed by atoms with van der Waals surface area (Å²) in [4.78, 5) is 9.87. The van der Waals surface area contributed by atoms with E-state index in [1.807, 2.05) is 6.08 Å². The minimum absolute atomic E-state index is 0.000000000000000222. The Morgan fingerprint density at radius 3 is 2.29 bits per heavy atom. The van der Waals surface area contributed by atoms with Gasteiger partial charge in [-0.15, -0.1) is 0 Å². The molecule has 0 unspecified atom stereocenters. The Kier molecular flexibility index (Phi) is 0.947. The number of nitrogens with two attached hydrogens (primary N) is 1. The summed E-state index contributed by atoms with van der Waals surface area (Å²) in [5.74, 6) is -0.000000000000000222. The van der Waals surface area contributed by atoms with Crippen LogP contribution in [-0.2, 0) is 4.79 Å². The highest BCUT2D eigenvalue weighted by molar-refractivity contribution is 5.61. The molecule has 0 amide bonds. The van der Waals surface area contributed by atoms with Crippen molar-refractivity contribution in [2.24, 2.45) is 11.7 Å². The van der Waals surface area contributed by atoms with Crippen LogP contribution in [0.25, 0.3) is 0 Å². The maximum Gasteiger partial charge on any atom is 0.128 e. The lowest BCUT2D eigenvalue weighted by molar-refractivity contribution is -0.110. The van der Waals surface area contributed by atoms with Crippen LogP contribution >= 0.6 is 0 Å². The van der Waals surface area contributed by atoms with Crippen molar-refractivity contribution in [1.29, 1.82) is 0 Å². The topological polar surface area (TPSA) is 43.1 Å². The fourth-order valence-electron chi connectivity index (χ4n) is 0.504. The van der Waals surface area contributed by atoms with Crippen molar-refractivity contribution >= 4 is 6.29 Å². The molecule has 2 atom stereocenters. The van der Waals surface area contributed by atoms with Crippen LogP contribution in [0.2, 0.25) is 0 Å². The monoisotopic (exact) mass is 97.1 g/mol. The summed E-state index contributed by atoms with van der Waals surface area (Å²) in [5.41, 5.74) is 5.32. The van der Waals surface area contributed by atoms with Gasteiger partial charge in [0.1, 0.15) is 6.29 Å². The highest BCUT2D eigenvalue weighted by Gasteiger charge is 2.17. The molecule has 2 N–H and O–H groups in total. The molecule has 0 heterocycles. The summed E-state index contributed by atoms with van der Waals surface area (Å²) in [6.45, 7) is 0. The van der Waals surface area contributed by atoms with E-state index in [-0.39, 0.29) is 12.0 Å². The molecule has 0 saturated carbocycles. The van der Waals surface area contributed by atoms with Crippen molar-refractivity contribution in [2.75, 3.05) is 0 Å². The van der Waals surface area contributed by atoms with Crippen LogP contribution < -0.4 is 5.73 Å². The van der Waals surface area contributed by atoms with Crippen molar-refractivity contribution in [3.05, 3.63) is 12.2 Å². The molecule has 0 aromatic rings. The molecule has 1 rings (SSSR count). The van der Waals surface area contributed by atoms with Crippen molar-refractivity contribution in [3.8, 4) is 0 Å². The Bertz CT molecular complexity index is 109. The second-order valence-corrected chi connectivity index (χ2v) is 1.68. The smallest absolute Gasteiger partial charge is 0.128 e. The Morgan fingerprint density at radius 2 is 2.29 bits per heavy atom. The third-order valence-corrected chi connectivity index (χ3v) is 1.16. The molecule has 38 valence electrons. The molecule has 2 heteroatoms. The summed E-state index contributed by atoms with van der Waals surface area (Å²) < 4.78 is 0. The molecule has 0 spiro atoms. The molecule has 0 aliphatic heterocycles. The van der Waals surface area contributed by atoms with E-state index in [0.29, 0.717) is 0 Å². The SMILES string of the molecule is N[C@@H]1C=C[C@@H]1C=O. The van der Waals surface area contributed by atoms with Crippen LogP contribution in [0.5, 0.6) is 0 Å². The quantitative estimate of drug-likeness (QED) is 0.360. The van der Waals surface area contributed by atoms with Gasteiger partial charge < -0.3 is 10.5 Å². The average molecular weight is 97.1 g/mol. The first-order chi connectivity index (χ1) is 3.34. The predicted molar refractivity (Wildman–Crippen MR) is 26.7 cm³/mol. The third-order valence-electron chi connectivity index (χ3n) is 1.16. The molecule has 0 bridgehead atoms. The van der Waals surface area contributed by atoms with Gasteiger partial charge in [0.05, 0.1) is 5.92 Å². The van der Waals surface area contributed by atoms with E-state index in [1.165, 1.54) is 0 Å². The summed E-state index contributed by atoms with van der Waals surface area (Å²) in [5, 5.41) is 0. The normalized spacial score (nSPS) is 37.3. The van der Waals surface area contributed by atoms with Gasteiger partial charge >= 0.3 is 0 Å². The van der Waals surface area contributed by atoms with Crippen LogP contribution in [-0.4, -0.2) is 12.3 Å². The Labute approximate surface area is 42.0 Å². The van der Waals surface area contributed by atoms with E-state index >= 15 is 0 Å². The van der Waals surface area contributed by atoms with Gasteiger partial charge in [-0.2, -0.15) is 0 Å². The molecular formula is C5H7NO. The van der Waals surface area contributed by atoms with Crippen LogP contribution in [0.1, 0.15) is 0 Å². The number of hydrogen-bond donors (Lipinski definition) is 1. The summed E-state index contributed by atoms with van der Waals surface area (Å²) in [6.07, 6.45) is 4.49. The maximum atomic E-state index is 9.87. The molecular weight excluding hydrogens is 90.1 g/mol. The van der Waals surface area contributed by atoms with Crippen molar-refractivity contribution in [2.45, 2.75) is 6.04 Å². The lowest BCUT2D eigenvalue weighted by Crippen LogP contribution is -2.33. The fourth-order valence-corrected chi connectivity index (χ4v) is 0.504. The summed E-state index contributed by atoms with van der Waals surface area (Å²) in [7, 11) is 0. The van der Waals surface area contributed by atoms with E-state index in [1.54, 1.807) is 6.08 Å². The molecule has 0 radical (unpaired) electrons. The van der Waals surface area contributed by atoms with Gasteiger partial charge in [0.2, 0.25) is 0 Å². The minimum atomic E-state index is -0.00231. The second kappa shape index (κ2) is 1.46. The first kappa shape index (κ1) is 4.53. The molecule has 7 heavy (non-hydrogen) atoms. The van der Waals surface area contributed by atoms with E-state index < -0.39 is 0 Å². The van der Waals surface area contributed by atoms with Gasteiger partial charge in [0, 0.05) is 6.04 Å². The van der Waals surface area contributed by atoms with Crippen molar-refractivity contribution in [3.63, 3.8) is 0 Å². The van der Waals surface area contributed by atoms with E-state index in [0.717, 1.165) is 6.29 Å². The number of carbonyl (C=O) groups is 1. The largest absolute Gasteiger partial charge is 0.324 e. The number of hydrogen-bond acceptors (Lipinski definition) is 2. The van der Waals surface area contributed by atoms with Crippen LogP contribution in [0.4, 0.5) is 0 Å². The lowest BCUT2D eigenvalue weighted by atomic mass is 9.92. The van der Waals surface area contributed by atoms with Crippen LogP contribution in [0.15, 0.2) is 12.2 Å². The Hall–Kier alpha value is -0.630. The Morgan fingerprint density at radius 1 is 1.57 bits per heavy atom. The van der Waals surface area contributed by atoms with Crippen molar-refractivity contribution in [1.82, 2.24) is 0 Å². The zero-order chi connectivity index (χ0) is 5.28. The first-order valence-electron chi connectivity index (χ1n) is 2.24. The molecule has 0 aromatic heterocycles. The van der Waals surface area contributed by atoms with Gasteiger partial charge in [0.15, 0.2) is 0 Å². The first-order valence-corrected chi connectivity index (χ1v) is 2.24. The second-order valence-electron chi connectivity index (χ2n) is 1.68. The van der Waals surface area contributed by atoms with Crippen LogP contribution in [0.3, 0.4) is 0 Å². The van der Waals surface area contributed by atoms with Gasteiger partial charge in [-0.3, -0.25) is 0 Å². The molecule has 1 aliphatic carbocycles. The van der Waals surface area contributed by atoms with Gasteiger partial charge in [0.25, 0.3) is 0 Å². The zero-order valence-electron chi connectivity index (χ0n) is 3.87. The van der Waals surface area contributed by atoms with Gasteiger partial charge in [-0.1, -0.05) is 12.2 Å². The average Bonchev–Trinajstić information content (AvgIpc) is 1.65. The Balaban J connectivity index is 2.48. The highest BCUT2D eigenvalue weighted by atomic mass is 16.1. The molecule has 0 saturated heterocycles. The molecule has 1 aliphatic rings. The molecule has 0 fully saturated rings. The van der Waals surface area contributed by atoms with E-state index in [9.17, 15) is 4.79 Å². The highest BCUT2D eigenvalue weighted by Crippen LogP contribution is 2.11. The van der Waals surface area contributed by atoms with Crippen LogP contribution in [0, 0.1) is 5.92 Å². The third kappa shape index (κ3) is 0.567. The minimum Gasteiger partial charge on any atom is -0.324 e. The van der Waals surface area contributed by atoms with E-state index in [4.69, 9.17) is 5.73 Å². The van der Waals surface area contributed by atoms with Crippen molar-refractivity contribution < 1.29 is 4.79 Å². The number of carbonyl (C=O) groups excluding carboxylic acids is 1. The number of aldehydes is 1. The number of rotatable bonds is 1. The van der Waals surface area contributed by atoms with Gasteiger partial charge in [-0.25, -0.2) is 0 Å². The standard InChI is InChI=1S/C5H7NO/c6-5-2-1-4(5)3-7/h1-5H,6H2/t4-,5-/m1/s1. The summed E-state index contributed by atoms with van der Waals surface area (Å²) >= 11 is 0. The summed E-state index contributed by atoms with van der Waals surface area (Å²) in [6, 6.07) is -0.00231.